The van der Waals surface area contributed by atoms with Gasteiger partial charge < -0.3 is 19.9 Å². The van der Waals surface area contributed by atoms with Crippen LogP contribution < -0.4 is 14.8 Å². The van der Waals surface area contributed by atoms with Gasteiger partial charge in [-0.3, -0.25) is 9.59 Å². The number of carbonyl (C=O) groups excluding carboxylic acids is 3. The maximum absolute atomic E-state index is 12.5. The molecule has 3 rings (SSSR count). The van der Waals surface area contributed by atoms with Crippen molar-refractivity contribution < 1.29 is 33.8 Å². The van der Waals surface area contributed by atoms with Crippen molar-refractivity contribution in [2.24, 2.45) is 0 Å². The number of unbranched alkanes of at least 4 members (excludes halogenated alkanes) is 4. The zero-order valence-corrected chi connectivity index (χ0v) is 22.9. The molecule has 0 heterocycles. The molecule has 0 fully saturated rings. The summed E-state index contributed by atoms with van der Waals surface area (Å²) in [6, 6.07) is 18.0. The van der Waals surface area contributed by atoms with E-state index in [9.17, 15) is 24.3 Å². The first-order valence-electron chi connectivity index (χ1n) is 13.5. The molecule has 40 heavy (non-hydrogen) atoms. The van der Waals surface area contributed by atoms with Gasteiger partial charge in [0.2, 0.25) is 0 Å². The average Bonchev–Trinajstić information content (AvgIpc) is 2.95. The number of Topliss-reactive ketones (excluding diaryl/α,β-unsaturated/α-hetero) is 1. The van der Waals surface area contributed by atoms with Crippen molar-refractivity contribution in [1.29, 1.82) is 0 Å². The van der Waals surface area contributed by atoms with E-state index in [0.717, 1.165) is 12.8 Å². The topological polar surface area (TPSA) is 119 Å². The molecule has 3 aromatic rings. The van der Waals surface area contributed by atoms with Crippen LogP contribution in [0.4, 0.5) is 0 Å². The normalized spacial score (nSPS) is 11.3. The summed E-state index contributed by atoms with van der Waals surface area (Å²) in [6.45, 7) is 4.24. The molecule has 0 bridgehead atoms. The second kappa shape index (κ2) is 15.2. The van der Waals surface area contributed by atoms with Gasteiger partial charge in [-0.05, 0) is 67.4 Å². The first-order valence-corrected chi connectivity index (χ1v) is 13.5. The lowest BCUT2D eigenvalue weighted by Crippen LogP contribution is -2.42. The third-order valence-electron chi connectivity index (χ3n) is 6.34. The lowest BCUT2D eigenvalue weighted by Gasteiger charge is -2.15. The quantitative estimate of drug-likeness (QED) is 0.106. The molecule has 3 aromatic carbocycles. The minimum Gasteiger partial charge on any atom is -0.494 e. The number of nitrogens with one attached hydrogen (secondary N) is 1. The molecule has 1 atom stereocenters. The zero-order chi connectivity index (χ0) is 28.9. The van der Waals surface area contributed by atoms with E-state index >= 15 is 0 Å². The molecular formula is C32H35NO7. The van der Waals surface area contributed by atoms with E-state index in [0.29, 0.717) is 34.8 Å². The number of benzene rings is 3. The molecule has 0 saturated heterocycles. The second-order valence-corrected chi connectivity index (χ2v) is 9.52. The van der Waals surface area contributed by atoms with E-state index in [1.807, 2.05) is 0 Å². The molecule has 8 nitrogen and oxygen atoms in total. The lowest BCUT2D eigenvalue weighted by molar-refractivity contribution is -0.139. The molecule has 8 heteroatoms. The molecule has 2 N–H and O–H groups in total. The van der Waals surface area contributed by atoms with Gasteiger partial charge in [0.15, 0.2) is 5.78 Å². The van der Waals surface area contributed by atoms with Crippen LogP contribution in [-0.4, -0.2) is 41.4 Å². The van der Waals surface area contributed by atoms with E-state index in [2.05, 4.69) is 12.2 Å². The predicted molar refractivity (Wildman–Crippen MR) is 151 cm³/mol. The van der Waals surface area contributed by atoms with E-state index in [1.54, 1.807) is 48.5 Å². The number of hydrogen-bond donors (Lipinski definition) is 2. The molecule has 1 unspecified atom stereocenters. The average molecular weight is 546 g/mol. The highest BCUT2D eigenvalue weighted by Gasteiger charge is 2.21. The summed E-state index contributed by atoms with van der Waals surface area (Å²) in [5.74, 6) is -1.39. The Labute approximate surface area is 234 Å². The van der Waals surface area contributed by atoms with Crippen LogP contribution in [0.2, 0.25) is 0 Å². The smallest absolute Gasteiger partial charge is 0.343 e. The minimum atomic E-state index is -1.19. The Bertz CT molecular complexity index is 1280. The fourth-order valence-electron chi connectivity index (χ4n) is 3.98. The monoisotopic (exact) mass is 545 g/mol. The predicted octanol–water partition coefficient (Wildman–Crippen LogP) is 5.88. The number of ketones is 1. The number of carboxylic acid groups (broad SMARTS) is 1. The van der Waals surface area contributed by atoms with Crippen LogP contribution in [0.1, 0.15) is 82.6 Å². The maximum atomic E-state index is 12.5. The van der Waals surface area contributed by atoms with Gasteiger partial charge in [-0.25, -0.2) is 9.59 Å². The molecule has 0 aliphatic carbocycles. The molecule has 0 aromatic heterocycles. The number of aliphatic carboxylic acids is 1. The van der Waals surface area contributed by atoms with E-state index in [1.165, 1.54) is 50.5 Å². The number of ether oxygens (including phenoxy) is 2. The van der Waals surface area contributed by atoms with E-state index < -0.39 is 23.9 Å². The van der Waals surface area contributed by atoms with Gasteiger partial charge in [-0.1, -0.05) is 56.9 Å². The molecule has 0 spiro atoms. The first-order chi connectivity index (χ1) is 19.3. The SMILES string of the molecule is CCCCCCCOc1ccc(C(=O)Oc2ccc(CC(NC(=O)c3ccc(C(C)=O)cc3)C(=O)O)cc2)cc1. The second-order valence-electron chi connectivity index (χ2n) is 9.52. The summed E-state index contributed by atoms with van der Waals surface area (Å²) in [6.07, 6.45) is 5.81. The lowest BCUT2D eigenvalue weighted by atomic mass is 10.0. The van der Waals surface area contributed by atoms with Gasteiger partial charge in [-0.2, -0.15) is 0 Å². The van der Waals surface area contributed by atoms with Crippen molar-refractivity contribution >= 4 is 23.6 Å². The van der Waals surface area contributed by atoms with Gasteiger partial charge in [0.05, 0.1) is 12.2 Å². The highest BCUT2D eigenvalue weighted by molar-refractivity contribution is 5.99. The van der Waals surface area contributed by atoms with Crippen molar-refractivity contribution in [3.8, 4) is 11.5 Å². The molecule has 1 amide bonds. The Morgan fingerprint density at radius 2 is 1.32 bits per heavy atom. The van der Waals surface area contributed by atoms with Gasteiger partial charge in [-0.15, -0.1) is 0 Å². The van der Waals surface area contributed by atoms with Gasteiger partial charge in [0.1, 0.15) is 17.5 Å². The fraction of sp³-hybridized carbons (Fsp3) is 0.312. The first kappa shape index (κ1) is 30.1. The Balaban J connectivity index is 1.51. The summed E-state index contributed by atoms with van der Waals surface area (Å²) in [7, 11) is 0. The van der Waals surface area contributed by atoms with Crippen LogP contribution >= 0.6 is 0 Å². The molecule has 0 aliphatic heterocycles. The van der Waals surface area contributed by atoms with E-state index in [-0.39, 0.29) is 17.8 Å². The Morgan fingerprint density at radius 3 is 1.93 bits per heavy atom. The minimum absolute atomic E-state index is 0.0287. The third kappa shape index (κ3) is 9.38. The maximum Gasteiger partial charge on any atom is 0.343 e. The van der Waals surface area contributed by atoms with Crippen molar-refractivity contribution in [2.45, 2.75) is 58.4 Å². The summed E-state index contributed by atoms with van der Waals surface area (Å²) >= 11 is 0. The highest BCUT2D eigenvalue weighted by atomic mass is 16.5. The van der Waals surface area contributed by atoms with Crippen molar-refractivity contribution in [2.75, 3.05) is 6.61 Å². The number of rotatable bonds is 15. The van der Waals surface area contributed by atoms with Crippen LogP contribution in [0.3, 0.4) is 0 Å². The molecule has 0 saturated carbocycles. The van der Waals surface area contributed by atoms with Gasteiger partial charge >= 0.3 is 11.9 Å². The molecular weight excluding hydrogens is 510 g/mol. The molecule has 0 aliphatic rings. The number of carbonyl (C=O) groups is 4. The van der Waals surface area contributed by atoms with Crippen LogP contribution in [0.5, 0.6) is 11.5 Å². The standard InChI is InChI=1S/C32H35NO7/c1-3-4-5-6-7-20-39-27-18-14-26(15-19-27)32(38)40-28-16-8-23(9-17-28)21-29(31(36)37)33-30(35)25-12-10-24(11-13-25)22(2)34/h8-19,29H,3-7,20-21H2,1-2H3,(H,33,35)(H,36,37). The van der Waals surface area contributed by atoms with Crippen LogP contribution in [0.15, 0.2) is 72.8 Å². The number of amides is 1. The Hall–Kier alpha value is -4.46. The summed E-state index contributed by atoms with van der Waals surface area (Å²) in [5, 5.41) is 12.1. The third-order valence-corrected chi connectivity index (χ3v) is 6.34. The summed E-state index contributed by atoms with van der Waals surface area (Å²) in [4.78, 5) is 48.3. The van der Waals surface area contributed by atoms with Gasteiger partial charge in [0, 0.05) is 17.5 Å². The fourth-order valence-corrected chi connectivity index (χ4v) is 3.98. The van der Waals surface area contributed by atoms with Crippen molar-refractivity contribution in [3.63, 3.8) is 0 Å². The van der Waals surface area contributed by atoms with Crippen molar-refractivity contribution in [3.05, 3.63) is 95.1 Å². The van der Waals surface area contributed by atoms with Crippen LogP contribution in [-0.2, 0) is 11.2 Å². The Kier molecular flexibility index (Phi) is 11.4. The summed E-state index contributed by atoms with van der Waals surface area (Å²) in [5.41, 5.74) is 1.72. The van der Waals surface area contributed by atoms with Gasteiger partial charge in [0.25, 0.3) is 5.91 Å². The highest BCUT2D eigenvalue weighted by Crippen LogP contribution is 2.18. The van der Waals surface area contributed by atoms with Crippen molar-refractivity contribution in [1.82, 2.24) is 5.32 Å². The molecule has 210 valence electrons. The van der Waals surface area contributed by atoms with E-state index in [4.69, 9.17) is 9.47 Å². The largest absolute Gasteiger partial charge is 0.494 e. The number of carboxylic acids is 1. The Morgan fingerprint density at radius 1 is 0.750 bits per heavy atom. The summed E-state index contributed by atoms with van der Waals surface area (Å²) < 4.78 is 11.2. The van der Waals surface area contributed by atoms with Crippen LogP contribution in [0.25, 0.3) is 0 Å². The number of hydrogen-bond acceptors (Lipinski definition) is 6. The zero-order valence-electron chi connectivity index (χ0n) is 22.9. The number of esters is 1. The molecule has 0 radical (unpaired) electrons. The van der Waals surface area contributed by atoms with Crippen LogP contribution in [0, 0.1) is 0 Å².